The maximum Gasteiger partial charge on any atom is 0.411 e. The number of carbonyl (C=O) groups excluding carboxylic acids is 1. The average Bonchev–Trinajstić information content (AvgIpc) is 2.82. The molecule has 1 amide bonds. The number of amides is 1. The molecule has 3 rings (SSSR count). The fourth-order valence-electron chi connectivity index (χ4n) is 3.26. The minimum absolute atomic E-state index is 0.0917. The molecule has 0 fully saturated rings. The molecule has 3 aromatic rings. The lowest BCUT2D eigenvalue weighted by Crippen LogP contribution is -2.37. The fraction of sp³-hybridized carbons (Fsp3) is 0.296. The first-order chi connectivity index (χ1) is 15.9. The highest BCUT2D eigenvalue weighted by molar-refractivity contribution is 6.19. The summed E-state index contributed by atoms with van der Waals surface area (Å²) in [7, 11) is 1.70. The molecule has 5 nitrogen and oxygen atoms in total. The number of halogens is 1. The van der Waals surface area contributed by atoms with E-state index in [4.69, 9.17) is 25.8 Å². The molecule has 0 aromatic heterocycles. The van der Waals surface area contributed by atoms with Crippen LogP contribution >= 0.6 is 11.6 Å². The van der Waals surface area contributed by atoms with Gasteiger partial charge in [-0.25, -0.2) is 4.79 Å². The summed E-state index contributed by atoms with van der Waals surface area (Å²) in [6.45, 7) is 4.46. The summed E-state index contributed by atoms with van der Waals surface area (Å²) in [6, 6.07) is 25.8. The number of hydrogen-bond donors (Lipinski definition) is 0. The minimum atomic E-state index is -0.675. The third-order valence-corrected chi connectivity index (χ3v) is 5.32. The van der Waals surface area contributed by atoms with Crippen molar-refractivity contribution in [3.05, 3.63) is 95.6 Å². The van der Waals surface area contributed by atoms with Gasteiger partial charge in [0.1, 0.15) is 13.2 Å². The topological polar surface area (TPSA) is 48.0 Å². The zero-order valence-electron chi connectivity index (χ0n) is 19.2. The summed E-state index contributed by atoms with van der Waals surface area (Å²) in [5.74, 6) is 1.34. The molecule has 0 saturated carbocycles. The number of likely N-dealkylation sites (N-methyl/N-ethyl adjacent to an activating group) is 1. The molecule has 0 aliphatic heterocycles. The van der Waals surface area contributed by atoms with Gasteiger partial charge in [-0.15, -0.1) is 0 Å². The molecular weight excluding hydrogens is 438 g/mol. The lowest BCUT2D eigenvalue weighted by Gasteiger charge is -2.25. The van der Waals surface area contributed by atoms with Crippen molar-refractivity contribution in [1.29, 1.82) is 0 Å². The van der Waals surface area contributed by atoms with Gasteiger partial charge in [0.05, 0.1) is 0 Å². The van der Waals surface area contributed by atoms with Gasteiger partial charge in [-0.2, -0.15) is 0 Å². The minimum Gasteiger partial charge on any atom is -0.485 e. The zero-order chi connectivity index (χ0) is 23.6. The quantitative estimate of drug-likeness (QED) is 0.322. The summed E-state index contributed by atoms with van der Waals surface area (Å²) in [5.41, 5.74) is 2.50. The molecule has 174 valence electrons. The van der Waals surface area contributed by atoms with E-state index >= 15 is 0 Å². The third-order valence-electron chi connectivity index (χ3n) is 5.23. The van der Waals surface area contributed by atoms with Crippen LogP contribution in [0.4, 0.5) is 4.79 Å². The van der Waals surface area contributed by atoms with Gasteiger partial charge in [0, 0.05) is 13.1 Å². The Bertz CT molecular complexity index is 1010. The first-order valence-electron chi connectivity index (χ1n) is 11.0. The van der Waals surface area contributed by atoms with Crippen molar-refractivity contribution in [2.24, 2.45) is 0 Å². The molecule has 0 spiro atoms. The van der Waals surface area contributed by atoms with Crippen molar-refractivity contribution in [2.45, 2.75) is 45.1 Å². The molecule has 0 radical (unpaired) electrons. The van der Waals surface area contributed by atoms with E-state index in [0.29, 0.717) is 31.1 Å². The van der Waals surface area contributed by atoms with Gasteiger partial charge in [0.15, 0.2) is 17.1 Å². The third kappa shape index (κ3) is 7.72. The van der Waals surface area contributed by atoms with E-state index in [1.807, 2.05) is 85.8 Å². The monoisotopic (exact) mass is 467 g/mol. The van der Waals surface area contributed by atoms with Crippen LogP contribution in [0.5, 0.6) is 11.5 Å². The highest BCUT2D eigenvalue weighted by atomic mass is 35.5. The smallest absolute Gasteiger partial charge is 0.411 e. The Kier molecular flexibility index (Phi) is 9.02. The highest BCUT2D eigenvalue weighted by Crippen LogP contribution is 2.31. The number of hydrogen-bond acceptors (Lipinski definition) is 4. The van der Waals surface area contributed by atoms with Crippen LogP contribution in [-0.4, -0.2) is 29.6 Å². The molecule has 0 aliphatic rings. The van der Waals surface area contributed by atoms with Crippen LogP contribution in [0, 0.1) is 0 Å². The Balaban J connectivity index is 1.73. The van der Waals surface area contributed by atoms with Gasteiger partial charge in [0.2, 0.25) is 0 Å². The second-order valence-corrected chi connectivity index (χ2v) is 8.54. The van der Waals surface area contributed by atoms with E-state index < -0.39 is 11.7 Å². The first kappa shape index (κ1) is 24.5. The Morgan fingerprint density at radius 3 is 1.91 bits per heavy atom. The van der Waals surface area contributed by atoms with E-state index in [9.17, 15) is 4.79 Å². The van der Waals surface area contributed by atoms with Crippen molar-refractivity contribution in [1.82, 2.24) is 4.90 Å². The predicted octanol–water partition coefficient (Wildman–Crippen LogP) is 6.43. The Hall–Kier alpha value is -3.18. The largest absolute Gasteiger partial charge is 0.485 e. The second-order valence-electron chi connectivity index (χ2n) is 7.92. The maximum atomic E-state index is 12.2. The number of rotatable bonds is 10. The Morgan fingerprint density at radius 2 is 1.36 bits per heavy atom. The van der Waals surface area contributed by atoms with Crippen LogP contribution in [0.3, 0.4) is 0 Å². The molecule has 0 heterocycles. The van der Waals surface area contributed by atoms with Crippen LogP contribution in [0.15, 0.2) is 78.9 Å². The molecular formula is C27H30ClNO4. The van der Waals surface area contributed by atoms with Gasteiger partial charge in [-0.05, 0) is 49.1 Å². The average molecular weight is 468 g/mol. The predicted molar refractivity (Wildman–Crippen MR) is 131 cm³/mol. The van der Waals surface area contributed by atoms with Crippen LogP contribution < -0.4 is 9.47 Å². The lowest BCUT2D eigenvalue weighted by atomic mass is 10.1. The van der Waals surface area contributed by atoms with E-state index in [0.717, 1.165) is 16.7 Å². The van der Waals surface area contributed by atoms with E-state index in [1.54, 1.807) is 18.9 Å². The molecule has 0 saturated heterocycles. The van der Waals surface area contributed by atoms with Gasteiger partial charge in [0.25, 0.3) is 0 Å². The van der Waals surface area contributed by atoms with E-state index in [2.05, 4.69) is 0 Å². The fourth-order valence-corrected chi connectivity index (χ4v) is 3.34. The summed E-state index contributed by atoms with van der Waals surface area (Å²) in [6.07, 6.45) is 0.177. The molecule has 3 aromatic carbocycles. The van der Waals surface area contributed by atoms with Gasteiger partial charge >= 0.3 is 6.09 Å². The summed E-state index contributed by atoms with van der Waals surface area (Å²) in [4.78, 5) is 13.7. The van der Waals surface area contributed by atoms with Gasteiger partial charge in [-0.1, -0.05) is 78.3 Å². The van der Waals surface area contributed by atoms with E-state index in [1.165, 1.54) is 0 Å². The van der Waals surface area contributed by atoms with E-state index in [-0.39, 0.29) is 6.04 Å². The maximum absolute atomic E-state index is 12.2. The summed E-state index contributed by atoms with van der Waals surface area (Å²) in [5, 5.41) is 0. The zero-order valence-corrected chi connectivity index (χ0v) is 20.0. The molecule has 2 unspecified atom stereocenters. The SMILES string of the molecule is CC(Cl)OC(=O)N(C)C(C)Cc1ccc(OCc2ccccc2)c(OCc2ccccc2)c1. The number of nitrogens with zero attached hydrogens (tertiary/aromatic N) is 1. The standard InChI is InChI=1S/C27H30ClNO4/c1-20(29(3)27(30)33-21(2)28)16-24-14-15-25(31-18-22-10-6-4-7-11-22)26(17-24)32-19-23-12-8-5-9-13-23/h4-15,17,20-21H,16,18-19H2,1-3H3. The molecule has 2 atom stereocenters. The molecule has 0 bridgehead atoms. The number of benzene rings is 3. The van der Waals surface area contributed by atoms with Crippen LogP contribution in [-0.2, 0) is 24.4 Å². The number of ether oxygens (including phenoxy) is 3. The molecule has 6 heteroatoms. The van der Waals surface area contributed by atoms with Crippen molar-refractivity contribution in [2.75, 3.05) is 7.05 Å². The van der Waals surface area contributed by atoms with Gasteiger partial charge in [-0.3, -0.25) is 0 Å². The van der Waals surface area contributed by atoms with Crippen molar-refractivity contribution >= 4 is 17.7 Å². The van der Waals surface area contributed by atoms with Crippen LogP contribution in [0.25, 0.3) is 0 Å². The normalized spacial score (nSPS) is 12.5. The van der Waals surface area contributed by atoms with Crippen LogP contribution in [0.1, 0.15) is 30.5 Å². The Morgan fingerprint density at radius 1 is 0.818 bits per heavy atom. The van der Waals surface area contributed by atoms with Crippen molar-refractivity contribution < 1.29 is 19.0 Å². The van der Waals surface area contributed by atoms with Crippen molar-refractivity contribution in [3.8, 4) is 11.5 Å². The lowest BCUT2D eigenvalue weighted by molar-refractivity contribution is 0.0931. The molecule has 0 aliphatic carbocycles. The summed E-state index contributed by atoms with van der Waals surface area (Å²) >= 11 is 5.78. The van der Waals surface area contributed by atoms with Crippen molar-refractivity contribution in [3.63, 3.8) is 0 Å². The molecule has 0 N–H and O–H groups in total. The summed E-state index contributed by atoms with van der Waals surface area (Å²) < 4.78 is 17.3. The highest BCUT2D eigenvalue weighted by Gasteiger charge is 2.20. The number of carbonyl (C=O) groups is 1. The van der Waals surface area contributed by atoms with Crippen LogP contribution in [0.2, 0.25) is 0 Å². The number of alkyl halides is 1. The molecule has 33 heavy (non-hydrogen) atoms. The first-order valence-corrected chi connectivity index (χ1v) is 11.4. The Labute approximate surface area is 200 Å². The second kappa shape index (κ2) is 12.2. The van der Waals surface area contributed by atoms with Gasteiger partial charge < -0.3 is 19.1 Å².